The van der Waals surface area contributed by atoms with Crippen LogP contribution in [-0.4, -0.2) is 12.1 Å². The van der Waals surface area contributed by atoms with Crippen LogP contribution >= 0.6 is 0 Å². The molecule has 2 aliphatic rings. The Morgan fingerprint density at radius 1 is 1.46 bits per heavy atom. The van der Waals surface area contributed by atoms with Crippen molar-refractivity contribution in [3.63, 3.8) is 0 Å². The van der Waals surface area contributed by atoms with Gasteiger partial charge in [0.25, 0.3) is 0 Å². The van der Waals surface area contributed by atoms with E-state index in [0.29, 0.717) is 5.54 Å². The van der Waals surface area contributed by atoms with E-state index in [2.05, 4.69) is 19.2 Å². The molecular formula is C12H23N. The number of piperidine rings is 1. The van der Waals surface area contributed by atoms with E-state index in [9.17, 15) is 0 Å². The Labute approximate surface area is 82.3 Å². The van der Waals surface area contributed by atoms with E-state index in [1.165, 1.54) is 45.1 Å². The minimum absolute atomic E-state index is 0.604. The second-order valence-electron chi connectivity index (χ2n) is 5.20. The standard InChI is InChI=1S/C12H23N/c1-3-10(2)11-5-8-13-12(9-11)6-4-7-12/h10-11,13H,3-9H2,1-2H3. The van der Waals surface area contributed by atoms with E-state index in [1.54, 1.807) is 0 Å². The molecule has 0 aromatic rings. The summed E-state index contributed by atoms with van der Waals surface area (Å²) in [6.45, 7) is 6.04. The molecule has 0 amide bonds. The van der Waals surface area contributed by atoms with Gasteiger partial charge in [0, 0.05) is 5.54 Å². The highest BCUT2D eigenvalue weighted by Gasteiger charge is 2.41. The summed E-state index contributed by atoms with van der Waals surface area (Å²) in [5.74, 6) is 1.95. The average Bonchev–Trinajstić information content (AvgIpc) is 2.14. The molecule has 0 aromatic carbocycles. The van der Waals surface area contributed by atoms with Gasteiger partial charge in [-0.25, -0.2) is 0 Å². The number of rotatable bonds is 2. The summed E-state index contributed by atoms with van der Waals surface area (Å²) in [4.78, 5) is 0. The maximum Gasteiger partial charge on any atom is 0.0184 e. The third-order valence-electron chi connectivity index (χ3n) is 4.43. The van der Waals surface area contributed by atoms with Crippen molar-refractivity contribution in [2.75, 3.05) is 6.54 Å². The Morgan fingerprint density at radius 2 is 2.23 bits per heavy atom. The smallest absolute Gasteiger partial charge is 0.0184 e. The highest BCUT2D eigenvalue weighted by Crippen LogP contribution is 2.42. The summed E-state index contributed by atoms with van der Waals surface area (Å²) < 4.78 is 0. The van der Waals surface area contributed by atoms with E-state index >= 15 is 0 Å². The molecule has 1 saturated carbocycles. The largest absolute Gasteiger partial charge is 0.311 e. The summed E-state index contributed by atoms with van der Waals surface area (Å²) in [6, 6.07) is 0. The summed E-state index contributed by atoms with van der Waals surface area (Å²) in [5.41, 5.74) is 0.604. The molecule has 0 bridgehead atoms. The zero-order valence-electron chi connectivity index (χ0n) is 9.10. The van der Waals surface area contributed by atoms with E-state index in [-0.39, 0.29) is 0 Å². The summed E-state index contributed by atoms with van der Waals surface area (Å²) >= 11 is 0. The van der Waals surface area contributed by atoms with Gasteiger partial charge in [-0.05, 0) is 50.5 Å². The van der Waals surface area contributed by atoms with Crippen molar-refractivity contribution in [2.24, 2.45) is 11.8 Å². The molecule has 0 radical (unpaired) electrons. The van der Waals surface area contributed by atoms with Crippen molar-refractivity contribution >= 4 is 0 Å². The van der Waals surface area contributed by atoms with Gasteiger partial charge in [0.2, 0.25) is 0 Å². The summed E-state index contributed by atoms with van der Waals surface area (Å²) in [7, 11) is 0. The van der Waals surface area contributed by atoms with Crippen LogP contribution in [0.2, 0.25) is 0 Å². The Hall–Kier alpha value is -0.0400. The topological polar surface area (TPSA) is 12.0 Å². The van der Waals surface area contributed by atoms with Gasteiger partial charge < -0.3 is 5.32 Å². The normalized spacial score (nSPS) is 34.2. The first-order valence-corrected chi connectivity index (χ1v) is 6.01. The van der Waals surface area contributed by atoms with Crippen molar-refractivity contribution in [1.82, 2.24) is 5.32 Å². The van der Waals surface area contributed by atoms with Crippen LogP contribution in [0.5, 0.6) is 0 Å². The average molecular weight is 181 g/mol. The summed E-state index contributed by atoms with van der Waals surface area (Å²) in [5, 5.41) is 3.74. The SMILES string of the molecule is CCC(C)C1CCNC2(CCC2)C1. The van der Waals surface area contributed by atoms with Crippen molar-refractivity contribution < 1.29 is 0 Å². The van der Waals surface area contributed by atoms with Gasteiger partial charge in [0.1, 0.15) is 0 Å². The van der Waals surface area contributed by atoms with Gasteiger partial charge in [-0.3, -0.25) is 0 Å². The van der Waals surface area contributed by atoms with E-state index in [1.807, 2.05) is 0 Å². The predicted molar refractivity (Wildman–Crippen MR) is 56.8 cm³/mol. The van der Waals surface area contributed by atoms with Gasteiger partial charge in [-0.15, -0.1) is 0 Å². The first kappa shape index (κ1) is 9.51. The maximum atomic E-state index is 3.74. The molecule has 2 atom stereocenters. The molecule has 76 valence electrons. The Morgan fingerprint density at radius 3 is 2.77 bits per heavy atom. The van der Waals surface area contributed by atoms with Crippen LogP contribution in [0, 0.1) is 11.8 Å². The van der Waals surface area contributed by atoms with Crippen LogP contribution in [-0.2, 0) is 0 Å². The van der Waals surface area contributed by atoms with Crippen LogP contribution in [0.25, 0.3) is 0 Å². The predicted octanol–water partition coefficient (Wildman–Crippen LogP) is 2.95. The fraction of sp³-hybridized carbons (Fsp3) is 1.00. The molecule has 2 rings (SSSR count). The second kappa shape index (κ2) is 3.61. The maximum absolute atomic E-state index is 3.74. The lowest BCUT2D eigenvalue weighted by molar-refractivity contribution is 0.0838. The zero-order valence-corrected chi connectivity index (χ0v) is 9.10. The van der Waals surface area contributed by atoms with Crippen molar-refractivity contribution in [3.8, 4) is 0 Å². The zero-order chi connectivity index (χ0) is 9.31. The Kier molecular flexibility index (Phi) is 2.64. The van der Waals surface area contributed by atoms with Crippen molar-refractivity contribution in [1.29, 1.82) is 0 Å². The van der Waals surface area contributed by atoms with Crippen LogP contribution in [0.3, 0.4) is 0 Å². The lowest BCUT2D eigenvalue weighted by atomic mass is 9.66. The van der Waals surface area contributed by atoms with Crippen molar-refractivity contribution in [3.05, 3.63) is 0 Å². The lowest BCUT2D eigenvalue weighted by Gasteiger charge is -2.49. The molecule has 1 heterocycles. The number of nitrogens with one attached hydrogen (secondary N) is 1. The Bertz CT molecular complexity index is 172. The van der Waals surface area contributed by atoms with Crippen molar-refractivity contribution in [2.45, 2.75) is 57.9 Å². The fourth-order valence-corrected chi connectivity index (χ4v) is 3.00. The number of hydrogen-bond acceptors (Lipinski definition) is 1. The van der Waals surface area contributed by atoms with Crippen LogP contribution < -0.4 is 5.32 Å². The van der Waals surface area contributed by atoms with Gasteiger partial charge >= 0.3 is 0 Å². The molecule has 1 N–H and O–H groups in total. The molecular weight excluding hydrogens is 158 g/mol. The third-order valence-corrected chi connectivity index (χ3v) is 4.43. The minimum atomic E-state index is 0.604. The Balaban J connectivity index is 1.92. The van der Waals surface area contributed by atoms with Crippen LogP contribution in [0.1, 0.15) is 52.4 Å². The molecule has 2 unspecified atom stereocenters. The molecule has 0 aromatic heterocycles. The summed E-state index contributed by atoms with van der Waals surface area (Å²) in [6.07, 6.45) is 8.58. The van der Waals surface area contributed by atoms with Crippen LogP contribution in [0.4, 0.5) is 0 Å². The van der Waals surface area contributed by atoms with E-state index in [4.69, 9.17) is 0 Å². The monoisotopic (exact) mass is 181 g/mol. The molecule has 2 fully saturated rings. The molecule has 1 saturated heterocycles. The number of hydrogen-bond donors (Lipinski definition) is 1. The molecule has 1 heteroatoms. The first-order chi connectivity index (χ1) is 6.26. The second-order valence-corrected chi connectivity index (χ2v) is 5.20. The van der Waals surface area contributed by atoms with E-state index < -0.39 is 0 Å². The molecule has 13 heavy (non-hydrogen) atoms. The van der Waals surface area contributed by atoms with Gasteiger partial charge in [0.15, 0.2) is 0 Å². The highest BCUT2D eigenvalue weighted by atomic mass is 15.0. The third kappa shape index (κ3) is 1.76. The quantitative estimate of drug-likeness (QED) is 0.690. The lowest BCUT2D eigenvalue weighted by Crippen LogP contribution is -2.56. The van der Waals surface area contributed by atoms with E-state index in [0.717, 1.165) is 11.8 Å². The first-order valence-electron chi connectivity index (χ1n) is 6.01. The van der Waals surface area contributed by atoms with Gasteiger partial charge in [-0.2, -0.15) is 0 Å². The fourth-order valence-electron chi connectivity index (χ4n) is 3.00. The molecule has 1 aliphatic carbocycles. The molecule has 1 nitrogen and oxygen atoms in total. The molecule has 1 aliphatic heterocycles. The van der Waals surface area contributed by atoms with Crippen LogP contribution in [0.15, 0.2) is 0 Å². The minimum Gasteiger partial charge on any atom is -0.311 e. The molecule has 1 spiro atoms. The highest BCUT2D eigenvalue weighted by molar-refractivity contribution is 5.00. The van der Waals surface area contributed by atoms with Gasteiger partial charge in [0.05, 0.1) is 0 Å². The van der Waals surface area contributed by atoms with Gasteiger partial charge in [-0.1, -0.05) is 20.3 Å².